The number of phenolic OH excluding ortho intramolecular Hbond substituents is 1. The van der Waals surface area contributed by atoms with E-state index in [0.717, 1.165) is 10.4 Å². The van der Waals surface area contributed by atoms with Gasteiger partial charge < -0.3 is 15.9 Å². The Hall–Kier alpha value is -3.47. The van der Waals surface area contributed by atoms with Crippen molar-refractivity contribution in [3.05, 3.63) is 50.7 Å². The Labute approximate surface area is 222 Å². The fraction of sp³-hybridized carbons (Fsp3) is 0.393. The number of likely N-dealkylation sites (N-methyl/N-ethyl adjacent to an activating group) is 1. The van der Waals surface area contributed by atoms with Gasteiger partial charge in [-0.15, -0.1) is 11.3 Å². The minimum Gasteiger partial charge on any atom is -0.507 e. The Kier molecular flexibility index (Phi) is 6.24. The molecule has 3 aliphatic carbocycles. The van der Waals surface area contributed by atoms with Crippen molar-refractivity contribution < 1.29 is 34.2 Å². The van der Waals surface area contributed by atoms with Gasteiger partial charge in [0, 0.05) is 10.8 Å². The quantitative estimate of drug-likeness (QED) is 0.496. The summed E-state index contributed by atoms with van der Waals surface area (Å²) < 4.78 is 0. The van der Waals surface area contributed by atoms with E-state index in [1.54, 1.807) is 31.5 Å². The van der Waals surface area contributed by atoms with Crippen LogP contribution < -0.4 is 5.73 Å². The average Bonchev–Trinajstić information content (AvgIpc) is 3.25. The number of aromatic hydroxyl groups is 1. The van der Waals surface area contributed by atoms with Gasteiger partial charge in [-0.25, -0.2) is 0 Å². The lowest BCUT2D eigenvalue weighted by Gasteiger charge is -2.52. The van der Waals surface area contributed by atoms with Crippen LogP contribution >= 0.6 is 11.3 Å². The van der Waals surface area contributed by atoms with Gasteiger partial charge in [-0.1, -0.05) is 12.1 Å². The molecule has 0 spiro atoms. The molecule has 198 valence electrons. The van der Waals surface area contributed by atoms with E-state index in [0.29, 0.717) is 11.1 Å². The van der Waals surface area contributed by atoms with Crippen LogP contribution in [0.1, 0.15) is 38.3 Å². The number of nitrogens with zero attached hydrogens (tertiary/aromatic N) is 1. The second-order valence-electron chi connectivity index (χ2n) is 10.6. The first-order chi connectivity index (χ1) is 17.9. The van der Waals surface area contributed by atoms with E-state index in [-0.39, 0.29) is 24.2 Å². The number of Topliss-reactive ketones (excluding diaryl/α,β-unsaturated/α-hetero) is 4. The Morgan fingerprint density at radius 3 is 2.45 bits per heavy atom. The number of thiophene rings is 1. The smallest absolute Gasteiger partial charge is 0.235 e. The van der Waals surface area contributed by atoms with Gasteiger partial charge in [0.15, 0.2) is 34.7 Å². The molecule has 3 aliphatic rings. The number of nitrogens with two attached hydrogens (primary N) is 1. The molecule has 38 heavy (non-hydrogen) atoms. The lowest BCUT2D eigenvalue weighted by molar-refractivity contribution is -0.181. The van der Waals surface area contributed by atoms with Crippen LogP contribution in [0.4, 0.5) is 0 Å². The maximum atomic E-state index is 13.8. The summed E-state index contributed by atoms with van der Waals surface area (Å²) in [6.07, 6.45) is 4.04. The maximum Gasteiger partial charge on any atom is 0.235 e. The SMILES string of the molecule is Cc1ccsc1/C=C/c1ccc(O)c2c1C[C@H]1C[C@H]3[C@H](N(C)C)C(=O)C(C(N)=O)C(=O)[C@@]3(O)C(=O)C1C2=O. The van der Waals surface area contributed by atoms with Gasteiger partial charge in [0.25, 0.3) is 0 Å². The second-order valence-corrected chi connectivity index (χ2v) is 11.6. The van der Waals surface area contributed by atoms with E-state index in [9.17, 15) is 34.2 Å². The zero-order chi connectivity index (χ0) is 27.7. The average molecular weight is 537 g/mol. The molecule has 1 aromatic carbocycles. The number of carbonyl (C=O) groups excluding carboxylic acids is 5. The number of aryl methyl sites for hydroxylation is 1. The first-order valence-electron chi connectivity index (χ1n) is 12.3. The van der Waals surface area contributed by atoms with Gasteiger partial charge >= 0.3 is 0 Å². The van der Waals surface area contributed by atoms with Crippen molar-refractivity contribution in [2.24, 2.45) is 29.4 Å². The molecule has 2 fully saturated rings. The first-order valence-corrected chi connectivity index (χ1v) is 13.2. The van der Waals surface area contributed by atoms with Crippen LogP contribution in [0.5, 0.6) is 5.75 Å². The molecule has 2 saturated carbocycles. The molecule has 0 aliphatic heterocycles. The third kappa shape index (κ3) is 3.62. The van der Waals surface area contributed by atoms with Crippen molar-refractivity contribution >= 4 is 52.5 Å². The van der Waals surface area contributed by atoms with Crippen LogP contribution in [0.15, 0.2) is 23.6 Å². The van der Waals surface area contributed by atoms with E-state index in [1.165, 1.54) is 11.0 Å². The standard InChI is InChI=1S/C28H28N2O7S/c1-12-8-9-38-18(12)7-5-13-4-6-17(31)20-15(13)10-14-11-16-22(30(2)3)24(33)21(27(29)36)26(35)28(16,37)25(34)19(14)23(20)32/h4-9,14,16,19,21-22,31,37H,10-11H2,1-3H3,(H2,29,36)/b7-5+/t14-,16-,19?,21?,22-,28-/m0/s1. The van der Waals surface area contributed by atoms with Crippen LogP contribution in [0.3, 0.4) is 0 Å². The summed E-state index contributed by atoms with van der Waals surface area (Å²) in [5.41, 5.74) is 4.99. The van der Waals surface area contributed by atoms with E-state index in [4.69, 9.17) is 5.73 Å². The second kappa shape index (κ2) is 9.07. The number of carbonyl (C=O) groups is 5. The number of aliphatic hydroxyl groups is 1. The molecule has 2 unspecified atom stereocenters. The van der Waals surface area contributed by atoms with E-state index in [1.807, 2.05) is 30.5 Å². The molecule has 0 saturated heterocycles. The molecular formula is C28H28N2O7S. The van der Waals surface area contributed by atoms with E-state index in [2.05, 4.69) is 0 Å². The van der Waals surface area contributed by atoms with Crippen LogP contribution in [-0.4, -0.2) is 69.9 Å². The molecule has 4 N–H and O–H groups in total. The predicted molar refractivity (Wildman–Crippen MR) is 139 cm³/mol. The Bertz CT molecular complexity index is 1440. The highest BCUT2D eigenvalue weighted by atomic mass is 32.1. The van der Waals surface area contributed by atoms with Crippen LogP contribution in [0.25, 0.3) is 12.2 Å². The monoisotopic (exact) mass is 536 g/mol. The molecule has 1 heterocycles. The van der Waals surface area contributed by atoms with Gasteiger partial charge in [-0.2, -0.15) is 0 Å². The van der Waals surface area contributed by atoms with Gasteiger partial charge in [-0.3, -0.25) is 28.9 Å². The summed E-state index contributed by atoms with van der Waals surface area (Å²) in [4.78, 5) is 68.6. The van der Waals surface area contributed by atoms with Crippen molar-refractivity contribution in [3.63, 3.8) is 0 Å². The van der Waals surface area contributed by atoms with Crippen LogP contribution in [0, 0.1) is 30.6 Å². The van der Waals surface area contributed by atoms with Crippen molar-refractivity contribution in [2.75, 3.05) is 14.1 Å². The highest BCUT2D eigenvalue weighted by Gasteiger charge is 2.69. The molecule has 6 atom stereocenters. The number of ketones is 4. The number of fused-ring (bicyclic) bond motifs is 3. The highest BCUT2D eigenvalue weighted by Crippen LogP contribution is 2.51. The highest BCUT2D eigenvalue weighted by molar-refractivity contribution is 7.11. The normalized spacial score (nSPS) is 30.9. The number of rotatable bonds is 4. The predicted octanol–water partition coefficient (Wildman–Crippen LogP) is 1.41. The van der Waals surface area contributed by atoms with Crippen molar-refractivity contribution in [2.45, 2.75) is 31.4 Å². The van der Waals surface area contributed by atoms with Gasteiger partial charge in [0.05, 0.1) is 17.5 Å². The molecule has 1 amide bonds. The van der Waals surface area contributed by atoms with Crippen LogP contribution in [-0.2, 0) is 25.6 Å². The molecule has 1 aromatic heterocycles. The summed E-state index contributed by atoms with van der Waals surface area (Å²) in [6, 6.07) is 3.96. The lowest BCUT2D eigenvalue weighted by atomic mass is 9.52. The third-order valence-electron chi connectivity index (χ3n) is 8.30. The summed E-state index contributed by atoms with van der Waals surface area (Å²) in [7, 11) is 3.12. The Balaban J connectivity index is 1.61. The van der Waals surface area contributed by atoms with Crippen molar-refractivity contribution in [1.82, 2.24) is 4.90 Å². The maximum absolute atomic E-state index is 13.8. The fourth-order valence-electron chi connectivity index (χ4n) is 6.51. The van der Waals surface area contributed by atoms with Crippen molar-refractivity contribution in [3.8, 4) is 5.75 Å². The zero-order valence-electron chi connectivity index (χ0n) is 21.1. The van der Waals surface area contributed by atoms with Gasteiger partial charge in [-0.05, 0) is 80.1 Å². The topological polar surface area (TPSA) is 155 Å². The summed E-state index contributed by atoms with van der Waals surface area (Å²) >= 11 is 1.57. The summed E-state index contributed by atoms with van der Waals surface area (Å²) in [6.45, 7) is 1.99. The van der Waals surface area contributed by atoms with Gasteiger partial charge in [0.2, 0.25) is 5.91 Å². The third-order valence-corrected chi connectivity index (χ3v) is 9.28. The first kappa shape index (κ1) is 26.1. The lowest BCUT2D eigenvalue weighted by Crippen LogP contribution is -2.74. The number of phenols is 1. The molecule has 0 radical (unpaired) electrons. The molecule has 5 rings (SSSR count). The van der Waals surface area contributed by atoms with E-state index < -0.39 is 64.4 Å². The molecule has 10 heteroatoms. The minimum absolute atomic E-state index is 0.0124. The molecule has 0 bridgehead atoms. The zero-order valence-corrected chi connectivity index (χ0v) is 22.0. The number of hydrogen-bond donors (Lipinski definition) is 3. The summed E-state index contributed by atoms with van der Waals surface area (Å²) in [5, 5.41) is 24.2. The van der Waals surface area contributed by atoms with Crippen molar-refractivity contribution in [1.29, 1.82) is 0 Å². The Morgan fingerprint density at radius 1 is 1.13 bits per heavy atom. The number of amides is 1. The molecule has 9 nitrogen and oxygen atoms in total. The number of hydrogen-bond acceptors (Lipinski definition) is 9. The minimum atomic E-state index is -2.72. The van der Waals surface area contributed by atoms with Gasteiger partial charge in [0.1, 0.15) is 5.75 Å². The molecule has 2 aromatic rings. The summed E-state index contributed by atoms with van der Waals surface area (Å²) in [5.74, 6) is -10.4. The van der Waals surface area contributed by atoms with E-state index >= 15 is 0 Å². The van der Waals surface area contributed by atoms with Crippen LogP contribution in [0.2, 0.25) is 0 Å². The largest absolute Gasteiger partial charge is 0.507 e. The number of benzene rings is 1. The Morgan fingerprint density at radius 2 is 1.84 bits per heavy atom. The molecular weight excluding hydrogens is 508 g/mol. The number of primary amides is 1. The fourth-order valence-corrected chi connectivity index (χ4v) is 7.32.